The smallest absolute Gasteiger partial charge is 0.387 e. The number of carbonyl (C=O) groups excluding carboxylic acids is 1. The molecular formula is C28H26F2N2O4. The van der Waals surface area contributed by atoms with E-state index in [0.29, 0.717) is 12.4 Å². The van der Waals surface area contributed by atoms with Gasteiger partial charge in [0.15, 0.2) is 0 Å². The number of halogens is 2. The van der Waals surface area contributed by atoms with E-state index in [9.17, 15) is 13.6 Å². The van der Waals surface area contributed by atoms with Gasteiger partial charge in [-0.1, -0.05) is 59.8 Å². The second-order valence-electron chi connectivity index (χ2n) is 8.27. The molecule has 1 atom stereocenters. The van der Waals surface area contributed by atoms with Crippen LogP contribution in [0.4, 0.5) is 8.78 Å². The Kier molecular flexibility index (Phi) is 7.95. The molecular weight excluding hydrogens is 466 g/mol. The Bertz CT molecular complexity index is 1250. The van der Waals surface area contributed by atoms with Gasteiger partial charge in [0.1, 0.15) is 23.9 Å². The number of aryl methyl sites for hydroxylation is 2. The van der Waals surface area contributed by atoms with Crippen molar-refractivity contribution >= 4 is 5.91 Å². The van der Waals surface area contributed by atoms with Crippen molar-refractivity contribution in [1.82, 2.24) is 10.5 Å². The van der Waals surface area contributed by atoms with Crippen LogP contribution in [0.3, 0.4) is 0 Å². The van der Waals surface area contributed by atoms with Crippen LogP contribution in [0.25, 0.3) is 0 Å². The van der Waals surface area contributed by atoms with Gasteiger partial charge in [0.2, 0.25) is 5.91 Å². The highest BCUT2D eigenvalue weighted by molar-refractivity contribution is 5.79. The predicted molar refractivity (Wildman–Crippen MR) is 130 cm³/mol. The standard InChI is InChI=1S/C28H26F2N2O4/c1-18-25(19(2)36-32-18)17-34-23-12-8-20(9-13-23)16-26(33)31-27(21-6-4-3-5-7-21)22-10-14-24(15-11-22)35-28(29)30/h3-15,27-28H,16-17H2,1-2H3,(H,31,33). The second-order valence-corrected chi connectivity index (χ2v) is 8.27. The fourth-order valence-corrected chi connectivity index (χ4v) is 3.81. The highest BCUT2D eigenvalue weighted by atomic mass is 19.3. The van der Waals surface area contributed by atoms with Crippen molar-refractivity contribution in [2.75, 3.05) is 0 Å². The number of hydrogen-bond acceptors (Lipinski definition) is 5. The molecule has 0 bridgehead atoms. The van der Waals surface area contributed by atoms with Gasteiger partial charge in [0.05, 0.1) is 23.7 Å². The maximum Gasteiger partial charge on any atom is 0.387 e. The Hall–Kier alpha value is -4.20. The molecule has 1 heterocycles. The summed E-state index contributed by atoms with van der Waals surface area (Å²) in [6.07, 6.45) is 0.167. The molecule has 0 spiro atoms. The average Bonchev–Trinajstić information content (AvgIpc) is 3.20. The molecule has 0 aliphatic carbocycles. The number of nitrogens with one attached hydrogen (secondary N) is 1. The molecule has 1 N–H and O–H groups in total. The summed E-state index contributed by atoms with van der Waals surface area (Å²) < 4.78 is 40.4. The van der Waals surface area contributed by atoms with E-state index in [1.165, 1.54) is 12.1 Å². The van der Waals surface area contributed by atoms with Crippen LogP contribution in [0, 0.1) is 13.8 Å². The molecule has 1 unspecified atom stereocenters. The van der Waals surface area contributed by atoms with Crippen molar-refractivity contribution in [3.05, 3.63) is 113 Å². The van der Waals surface area contributed by atoms with Crippen LogP contribution < -0.4 is 14.8 Å². The number of ether oxygens (including phenoxy) is 2. The first-order chi connectivity index (χ1) is 17.4. The zero-order valence-electron chi connectivity index (χ0n) is 19.9. The maximum absolute atomic E-state index is 12.9. The first kappa shape index (κ1) is 24.9. The van der Waals surface area contributed by atoms with Gasteiger partial charge in [0, 0.05) is 0 Å². The van der Waals surface area contributed by atoms with Crippen LogP contribution >= 0.6 is 0 Å². The van der Waals surface area contributed by atoms with Crippen molar-refractivity contribution < 1.29 is 27.6 Å². The third-order valence-corrected chi connectivity index (χ3v) is 5.73. The zero-order chi connectivity index (χ0) is 25.5. The summed E-state index contributed by atoms with van der Waals surface area (Å²) in [7, 11) is 0. The lowest BCUT2D eigenvalue weighted by atomic mass is 9.98. The number of aromatic nitrogens is 1. The maximum atomic E-state index is 12.9. The summed E-state index contributed by atoms with van der Waals surface area (Å²) in [5.74, 6) is 1.28. The Morgan fingerprint density at radius 2 is 1.56 bits per heavy atom. The molecule has 8 heteroatoms. The molecule has 3 aromatic carbocycles. The first-order valence-corrected chi connectivity index (χ1v) is 11.4. The Labute approximate surface area is 207 Å². The third kappa shape index (κ3) is 6.47. The number of carbonyl (C=O) groups is 1. The van der Waals surface area contributed by atoms with E-state index < -0.39 is 12.7 Å². The number of alkyl halides is 2. The van der Waals surface area contributed by atoms with E-state index in [1.807, 2.05) is 68.4 Å². The van der Waals surface area contributed by atoms with E-state index in [2.05, 4.69) is 15.2 Å². The van der Waals surface area contributed by atoms with Gasteiger partial charge in [-0.2, -0.15) is 8.78 Å². The molecule has 0 saturated heterocycles. The largest absolute Gasteiger partial charge is 0.489 e. The Morgan fingerprint density at radius 3 is 2.17 bits per heavy atom. The number of rotatable bonds is 10. The van der Waals surface area contributed by atoms with Crippen molar-refractivity contribution in [3.63, 3.8) is 0 Å². The summed E-state index contributed by atoms with van der Waals surface area (Å²) >= 11 is 0. The van der Waals surface area contributed by atoms with Gasteiger partial charge in [-0.3, -0.25) is 4.79 Å². The molecule has 4 rings (SSSR count). The van der Waals surface area contributed by atoms with E-state index in [0.717, 1.165) is 33.7 Å². The van der Waals surface area contributed by atoms with Crippen molar-refractivity contribution in [2.24, 2.45) is 0 Å². The lowest BCUT2D eigenvalue weighted by Crippen LogP contribution is -2.30. The summed E-state index contributed by atoms with van der Waals surface area (Å²) in [6.45, 7) is 1.16. The summed E-state index contributed by atoms with van der Waals surface area (Å²) in [4.78, 5) is 12.9. The highest BCUT2D eigenvalue weighted by Crippen LogP contribution is 2.25. The fourth-order valence-electron chi connectivity index (χ4n) is 3.81. The lowest BCUT2D eigenvalue weighted by Gasteiger charge is -2.20. The lowest BCUT2D eigenvalue weighted by molar-refractivity contribution is -0.120. The number of hydrogen-bond donors (Lipinski definition) is 1. The molecule has 1 aromatic heterocycles. The monoisotopic (exact) mass is 492 g/mol. The van der Waals surface area contributed by atoms with Gasteiger partial charge >= 0.3 is 6.61 Å². The molecule has 0 aliphatic heterocycles. The topological polar surface area (TPSA) is 73.6 Å². The van der Waals surface area contributed by atoms with E-state index in [1.54, 1.807) is 12.1 Å². The predicted octanol–water partition coefficient (Wildman–Crippen LogP) is 5.92. The van der Waals surface area contributed by atoms with Gasteiger partial charge < -0.3 is 19.3 Å². The molecule has 0 radical (unpaired) electrons. The fraction of sp³-hybridized carbons (Fsp3) is 0.214. The minimum atomic E-state index is -2.90. The van der Waals surface area contributed by atoms with Crippen LogP contribution in [0.2, 0.25) is 0 Å². The summed E-state index contributed by atoms with van der Waals surface area (Å²) in [6, 6.07) is 22.6. The number of amides is 1. The van der Waals surface area contributed by atoms with Crippen LogP contribution in [-0.4, -0.2) is 17.7 Å². The quantitative estimate of drug-likeness (QED) is 0.298. The number of nitrogens with zero attached hydrogens (tertiary/aromatic N) is 1. The molecule has 36 heavy (non-hydrogen) atoms. The third-order valence-electron chi connectivity index (χ3n) is 5.73. The SMILES string of the molecule is Cc1noc(C)c1COc1ccc(CC(=O)NC(c2ccccc2)c2ccc(OC(F)F)cc2)cc1. The highest BCUT2D eigenvalue weighted by Gasteiger charge is 2.18. The van der Waals surface area contributed by atoms with Gasteiger partial charge in [-0.25, -0.2) is 0 Å². The normalized spacial score (nSPS) is 11.8. The Balaban J connectivity index is 1.41. The second kappa shape index (κ2) is 11.5. The molecule has 4 aromatic rings. The van der Waals surface area contributed by atoms with Crippen LogP contribution in [0.15, 0.2) is 83.4 Å². The van der Waals surface area contributed by atoms with Gasteiger partial charge in [-0.05, 0) is 54.8 Å². The molecule has 186 valence electrons. The van der Waals surface area contributed by atoms with Gasteiger partial charge in [-0.15, -0.1) is 0 Å². The molecule has 0 saturated carbocycles. The molecule has 0 fully saturated rings. The molecule has 0 aliphatic rings. The van der Waals surface area contributed by atoms with E-state index in [-0.39, 0.29) is 18.1 Å². The van der Waals surface area contributed by atoms with Crippen molar-refractivity contribution in [1.29, 1.82) is 0 Å². The van der Waals surface area contributed by atoms with E-state index >= 15 is 0 Å². The van der Waals surface area contributed by atoms with Crippen molar-refractivity contribution in [2.45, 2.75) is 39.5 Å². The van der Waals surface area contributed by atoms with E-state index in [4.69, 9.17) is 9.26 Å². The molecule has 1 amide bonds. The first-order valence-electron chi connectivity index (χ1n) is 11.4. The Morgan fingerprint density at radius 1 is 0.917 bits per heavy atom. The minimum absolute atomic E-state index is 0.0588. The van der Waals surface area contributed by atoms with Crippen LogP contribution in [0.1, 0.15) is 39.7 Å². The van der Waals surface area contributed by atoms with Gasteiger partial charge in [0.25, 0.3) is 0 Å². The van der Waals surface area contributed by atoms with Crippen molar-refractivity contribution in [3.8, 4) is 11.5 Å². The zero-order valence-corrected chi connectivity index (χ0v) is 19.9. The average molecular weight is 493 g/mol. The van der Waals surface area contributed by atoms with Crippen LogP contribution in [0.5, 0.6) is 11.5 Å². The number of benzene rings is 3. The summed E-state index contributed by atoms with van der Waals surface area (Å²) in [5, 5.41) is 6.97. The minimum Gasteiger partial charge on any atom is -0.489 e. The molecule has 6 nitrogen and oxygen atoms in total. The van der Waals surface area contributed by atoms with Crippen LogP contribution in [-0.2, 0) is 17.8 Å². The summed E-state index contributed by atoms with van der Waals surface area (Å²) in [5.41, 5.74) is 4.16.